The molecule has 1 saturated heterocycles. The molecule has 1 aromatic carbocycles. The van der Waals surface area contributed by atoms with E-state index in [2.05, 4.69) is 20.2 Å². The van der Waals surface area contributed by atoms with Crippen LogP contribution in [0.5, 0.6) is 0 Å². The lowest BCUT2D eigenvalue weighted by Gasteiger charge is -2.36. The zero-order chi connectivity index (χ0) is 37.5. The number of aliphatic hydroxyl groups excluding tert-OH is 2. The van der Waals surface area contributed by atoms with Gasteiger partial charge in [0, 0.05) is 68.7 Å². The molecule has 0 saturated carbocycles. The van der Waals surface area contributed by atoms with Gasteiger partial charge >= 0.3 is 0 Å². The molecule has 2 unspecified atom stereocenters. The summed E-state index contributed by atoms with van der Waals surface area (Å²) in [4.78, 5) is 64.2. The molecule has 2 aromatic rings. The molecular formula is C38H60N6O7. The van der Waals surface area contributed by atoms with Crippen LogP contribution in [0.2, 0.25) is 0 Å². The first kappa shape index (κ1) is 41.9. The summed E-state index contributed by atoms with van der Waals surface area (Å²) in [6, 6.07) is 7.77. The highest BCUT2D eigenvalue weighted by molar-refractivity contribution is 5.98. The van der Waals surface area contributed by atoms with Crippen LogP contribution in [0.4, 0.5) is 0 Å². The van der Waals surface area contributed by atoms with Gasteiger partial charge in [0.05, 0.1) is 43.8 Å². The highest BCUT2D eigenvalue weighted by Crippen LogP contribution is 2.27. The molecule has 0 radical (unpaired) electrons. The van der Waals surface area contributed by atoms with Crippen LogP contribution in [-0.2, 0) is 36.8 Å². The first-order valence-electron chi connectivity index (χ1n) is 18.3. The number of ether oxygens (including phenoxy) is 1. The SMILES string of the molecule is CC(C)C[C@H](NC(=O)[C@@H](N)Cc1cnc[nH]1)[C@@H](O)CC(C(=O)N(C[C@H](C)[C@H](O)CN1CCOCC1)C(=O)C(CC=O)Cc1ccccc1)C(C)C. The minimum Gasteiger partial charge on any atom is -0.391 e. The number of β-amino-alcohol motifs (C(OH)–C–C–N with tert-alkyl or cyclic N) is 1. The fourth-order valence-electron chi connectivity index (χ4n) is 6.55. The number of H-pyrrole nitrogens is 1. The van der Waals surface area contributed by atoms with Gasteiger partial charge in [-0.15, -0.1) is 0 Å². The number of nitrogens with two attached hydrogens (primary N) is 1. The quantitative estimate of drug-likeness (QED) is 0.120. The van der Waals surface area contributed by atoms with Crippen molar-refractivity contribution < 1.29 is 34.1 Å². The van der Waals surface area contributed by atoms with Gasteiger partial charge in [-0.25, -0.2) is 4.98 Å². The van der Waals surface area contributed by atoms with Crippen LogP contribution in [0.15, 0.2) is 42.9 Å². The fourth-order valence-corrected chi connectivity index (χ4v) is 6.55. The van der Waals surface area contributed by atoms with E-state index in [0.29, 0.717) is 51.2 Å². The molecule has 7 atom stereocenters. The third-order valence-electron chi connectivity index (χ3n) is 9.73. The molecule has 1 fully saturated rings. The molecule has 51 heavy (non-hydrogen) atoms. The summed E-state index contributed by atoms with van der Waals surface area (Å²) < 4.78 is 5.44. The predicted molar refractivity (Wildman–Crippen MR) is 194 cm³/mol. The zero-order valence-corrected chi connectivity index (χ0v) is 30.9. The molecule has 6 N–H and O–H groups in total. The second kappa shape index (κ2) is 21.1. The van der Waals surface area contributed by atoms with E-state index < -0.39 is 59.8 Å². The number of aromatic amines is 1. The lowest BCUT2D eigenvalue weighted by Crippen LogP contribution is -2.53. The number of carbonyl (C=O) groups is 4. The molecule has 1 aromatic heterocycles. The molecule has 1 aliphatic heterocycles. The Bertz CT molecular complexity index is 1340. The van der Waals surface area contributed by atoms with Crippen LogP contribution in [0.25, 0.3) is 0 Å². The average molecular weight is 713 g/mol. The minimum absolute atomic E-state index is 0.0184. The third-order valence-corrected chi connectivity index (χ3v) is 9.73. The van der Waals surface area contributed by atoms with Gasteiger partial charge in [0.2, 0.25) is 17.7 Å². The largest absolute Gasteiger partial charge is 0.391 e. The molecule has 0 bridgehead atoms. The number of hydrogen-bond acceptors (Lipinski definition) is 10. The van der Waals surface area contributed by atoms with Crippen molar-refractivity contribution in [2.75, 3.05) is 39.4 Å². The summed E-state index contributed by atoms with van der Waals surface area (Å²) in [5.41, 5.74) is 7.77. The van der Waals surface area contributed by atoms with E-state index in [1.54, 1.807) is 6.20 Å². The number of hydrogen-bond donors (Lipinski definition) is 5. The summed E-state index contributed by atoms with van der Waals surface area (Å²) in [5, 5.41) is 25.8. The third kappa shape index (κ3) is 13.5. The van der Waals surface area contributed by atoms with Crippen LogP contribution < -0.4 is 11.1 Å². The smallest absolute Gasteiger partial charge is 0.237 e. The molecule has 0 aliphatic carbocycles. The van der Waals surface area contributed by atoms with E-state index in [1.807, 2.05) is 65.0 Å². The first-order chi connectivity index (χ1) is 24.3. The van der Waals surface area contributed by atoms with E-state index in [9.17, 15) is 29.4 Å². The summed E-state index contributed by atoms with van der Waals surface area (Å²) in [6.07, 6.45) is 2.71. The van der Waals surface area contributed by atoms with Crippen molar-refractivity contribution in [1.82, 2.24) is 25.1 Å². The fraction of sp³-hybridized carbons (Fsp3) is 0.658. The zero-order valence-electron chi connectivity index (χ0n) is 30.9. The van der Waals surface area contributed by atoms with Gasteiger partial charge in [-0.1, -0.05) is 65.0 Å². The van der Waals surface area contributed by atoms with Crippen molar-refractivity contribution in [3.05, 3.63) is 54.1 Å². The minimum atomic E-state index is -1.12. The van der Waals surface area contributed by atoms with Crippen LogP contribution in [0.3, 0.4) is 0 Å². The number of amides is 3. The molecule has 13 heteroatoms. The maximum Gasteiger partial charge on any atom is 0.237 e. The lowest BCUT2D eigenvalue weighted by molar-refractivity contribution is -0.153. The second-order valence-electron chi connectivity index (χ2n) is 14.8. The molecule has 1 aliphatic rings. The Balaban J connectivity index is 1.86. The van der Waals surface area contributed by atoms with Crippen LogP contribution in [0, 0.1) is 29.6 Å². The molecule has 2 heterocycles. The maximum absolute atomic E-state index is 14.6. The van der Waals surface area contributed by atoms with Gasteiger partial charge in [-0.05, 0) is 36.7 Å². The van der Waals surface area contributed by atoms with Crippen LogP contribution in [-0.4, -0.2) is 118 Å². The molecule has 284 valence electrons. The normalized spacial score (nSPS) is 18.0. The summed E-state index contributed by atoms with van der Waals surface area (Å²) in [7, 11) is 0. The molecule has 0 spiro atoms. The summed E-state index contributed by atoms with van der Waals surface area (Å²) in [6.45, 7) is 12.3. The molecule has 3 amide bonds. The van der Waals surface area contributed by atoms with Gasteiger partial charge in [-0.3, -0.25) is 24.2 Å². The van der Waals surface area contributed by atoms with E-state index >= 15 is 0 Å². The Morgan fingerprint density at radius 1 is 1.02 bits per heavy atom. The number of benzene rings is 1. The first-order valence-corrected chi connectivity index (χ1v) is 18.3. The number of nitrogens with zero attached hydrogens (tertiary/aromatic N) is 3. The maximum atomic E-state index is 14.6. The number of aldehydes is 1. The van der Waals surface area contributed by atoms with Crippen molar-refractivity contribution in [2.24, 2.45) is 35.3 Å². The Hall–Kier alpha value is -3.49. The van der Waals surface area contributed by atoms with Gasteiger partial charge in [0.25, 0.3) is 0 Å². The number of nitrogens with one attached hydrogen (secondary N) is 2. The van der Waals surface area contributed by atoms with Crippen molar-refractivity contribution in [3.63, 3.8) is 0 Å². The van der Waals surface area contributed by atoms with E-state index in [4.69, 9.17) is 10.5 Å². The topological polar surface area (TPSA) is 191 Å². The monoisotopic (exact) mass is 712 g/mol. The Kier molecular flexibility index (Phi) is 17.4. The number of imide groups is 1. The van der Waals surface area contributed by atoms with Gasteiger partial charge in [0.1, 0.15) is 6.29 Å². The molecule has 13 nitrogen and oxygen atoms in total. The van der Waals surface area contributed by atoms with E-state index in [0.717, 1.165) is 5.56 Å². The number of aliphatic hydroxyl groups is 2. The molecular weight excluding hydrogens is 652 g/mol. The van der Waals surface area contributed by atoms with Gasteiger partial charge in [-0.2, -0.15) is 0 Å². The predicted octanol–water partition coefficient (Wildman–Crippen LogP) is 1.97. The number of aromatic nitrogens is 2. The van der Waals surface area contributed by atoms with Crippen LogP contribution >= 0.6 is 0 Å². The Morgan fingerprint density at radius 3 is 2.29 bits per heavy atom. The van der Waals surface area contributed by atoms with Crippen molar-refractivity contribution in [2.45, 2.75) is 91.0 Å². The Labute approximate surface area is 302 Å². The van der Waals surface area contributed by atoms with Crippen molar-refractivity contribution in [1.29, 1.82) is 0 Å². The number of morpholine rings is 1. The van der Waals surface area contributed by atoms with Gasteiger partial charge < -0.3 is 35.8 Å². The van der Waals surface area contributed by atoms with Crippen molar-refractivity contribution in [3.8, 4) is 0 Å². The summed E-state index contributed by atoms with van der Waals surface area (Å²) in [5.74, 6) is -3.64. The van der Waals surface area contributed by atoms with E-state index in [-0.39, 0.29) is 44.1 Å². The Morgan fingerprint density at radius 2 is 1.71 bits per heavy atom. The van der Waals surface area contributed by atoms with E-state index in [1.165, 1.54) is 11.2 Å². The van der Waals surface area contributed by atoms with Gasteiger partial charge in [0.15, 0.2) is 0 Å². The lowest BCUT2D eigenvalue weighted by atomic mass is 9.84. The average Bonchev–Trinajstić information content (AvgIpc) is 3.61. The second-order valence-corrected chi connectivity index (χ2v) is 14.8. The number of imidazole rings is 1. The number of rotatable bonds is 21. The molecule has 3 rings (SSSR count). The highest BCUT2D eigenvalue weighted by atomic mass is 16.5. The standard InChI is InChI=1S/C38H60N6O7/c1-25(2)17-33(42-36(48)32(39)19-30-21-40-24-41-30)34(46)20-31(26(3)4)38(50)44(22-27(5)35(47)23-43-12-15-51-16-13-43)37(49)29(11-14-45)18-28-9-7-6-8-10-28/h6-10,14,21,24-27,29,31-35,46-47H,11-13,15-20,22-23,39H2,1-5H3,(H,40,41)(H,42,48)/t27-,29?,31?,32-,33-,34-,35+/m0/s1. The summed E-state index contributed by atoms with van der Waals surface area (Å²) >= 11 is 0. The number of carbonyl (C=O) groups excluding carboxylic acids is 4. The van der Waals surface area contributed by atoms with Crippen molar-refractivity contribution >= 4 is 24.0 Å². The highest BCUT2D eigenvalue weighted by Gasteiger charge is 2.38. The van der Waals surface area contributed by atoms with Crippen LogP contribution in [0.1, 0.15) is 65.1 Å².